The maximum atomic E-state index is 13.1. The molecule has 1 saturated heterocycles. The molecule has 3 aromatic rings. The standard InChI is InChI=1S/C28H36ClN7O3/c1-18(2)35-11-13-36(14-12-35)21-9-7-20(8-10-21)32-24-16-25(31-17-30-24)34(4)28(37)33-27-19(3)22(38-5)15-23(39-6)26(27)29/h7-10,15-18H,11-14H2,1-6H3,(H,33,37)(H,30,31,32). The number of aromatic nitrogens is 2. The fourth-order valence-electron chi connectivity index (χ4n) is 4.50. The van der Waals surface area contributed by atoms with Gasteiger partial charge in [-0.15, -0.1) is 0 Å². The minimum Gasteiger partial charge on any atom is -0.496 e. The number of carbonyl (C=O) groups excluding carboxylic acids is 1. The zero-order chi connectivity index (χ0) is 28.1. The van der Waals surface area contributed by atoms with Crippen molar-refractivity contribution in [3.8, 4) is 11.5 Å². The molecule has 1 aliphatic rings. The summed E-state index contributed by atoms with van der Waals surface area (Å²) in [5, 5.41) is 6.43. The lowest BCUT2D eigenvalue weighted by Crippen LogP contribution is -2.48. The number of hydrogen-bond donors (Lipinski definition) is 2. The molecule has 0 aliphatic carbocycles. The summed E-state index contributed by atoms with van der Waals surface area (Å²) in [4.78, 5) is 28.0. The molecule has 208 valence electrons. The average Bonchev–Trinajstić information content (AvgIpc) is 2.95. The molecule has 0 saturated carbocycles. The van der Waals surface area contributed by atoms with Crippen LogP contribution in [0.4, 0.5) is 33.5 Å². The number of carbonyl (C=O) groups is 1. The van der Waals surface area contributed by atoms with Gasteiger partial charge in [-0.3, -0.25) is 9.80 Å². The lowest BCUT2D eigenvalue weighted by atomic mass is 10.1. The Morgan fingerprint density at radius 2 is 1.69 bits per heavy atom. The molecule has 2 amide bonds. The lowest BCUT2D eigenvalue weighted by molar-refractivity contribution is 0.209. The molecule has 0 bridgehead atoms. The lowest BCUT2D eigenvalue weighted by Gasteiger charge is -2.38. The first kappa shape index (κ1) is 28.3. The monoisotopic (exact) mass is 553 g/mol. The highest BCUT2D eigenvalue weighted by molar-refractivity contribution is 6.35. The number of methoxy groups -OCH3 is 2. The molecular formula is C28H36ClN7O3. The summed E-state index contributed by atoms with van der Waals surface area (Å²) in [6.45, 7) is 10.5. The Morgan fingerprint density at radius 3 is 2.31 bits per heavy atom. The van der Waals surface area contributed by atoms with Crippen molar-refractivity contribution in [3.05, 3.63) is 53.3 Å². The molecule has 0 atom stereocenters. The second-order valence-electron chi connectivity index (χ2n) is 9.63. The van der Waals surface area contributed by atoms with Crippen LogP contribution in [0, 0.1) is 6.92 Å². The van der Waals surface area contributed by atoms with Crippen LogP contribution >= 0.6 is 11.6 Å². The molecule has 11 heteroatoms. The number of amides is 2. The van der Waals surface area contributed by atoms with Crippen LogP contribution in [-0.4, -0.2) is 74.4 Å². The quantitative estimate of drug-likeness (QED) is 0.383. The summed E-state index contributed by atoms with van der Waals surface area (Å²) in [5.41, 5.74) is 3.18. The number of hydrogen-bond acceptors (Lipinski definition) is 8. The second kappa shape index (κ2) is 12.4. The predicted molar refractivity (Wildman–Crippen MR) is 157 cm³/mol. The van der Waals surface area contributed by atoms with E-state index in [0.717, 1.165) is 31.9 Å². The Balaban J connectivity index is 1.42. The first-order chi connectivity index (χ1) is 18.7. The molecule has 4 rings (SSSR count). The van der Waals surface area contributed by atoms with Crippen molar-refractivity contribution in [1.82, 2.24) is 14.9 Å². The van der Waals surface area contributed by atoms with Gasteiger partial charge >= 0.3 is 6.03 Å². The van der Waals surface area contributed by atoms with Crippen LogP contribution in [-0.2, 0) is 0 Å². The van der Waals surface area contributed by atoms with Gasteiger partial charge in [-0.25, -0.2) is 14.8 Å². The molecule has 0 spiro atoms. The Bertz CT molecular complexity index is 1270. The minimum absolute atomic E-state index is 0.285. The van der Waals surface area contributed by atoms with Crippen LogP contribution in [0.15, 0.2) is 42.7 Å². The molecule has 10 nitrogen and oxygen atoms in total. The molecular weight excluding hydrogens is 518 g/mol. The Hall–Kier alpha value is -3.76. The number of benzene rings is 2. The van der Waals surface area contributed by atoms with Crippen LogP contribution in [0.2, 0.25) is 5.02 Å². The third-order valence-electron chi connectivity index (χ3n) is 6.96. The Morgan fingerprint density at radius 1 is 1.03 bits per heavy atom. The Kier molecular flexibility index (Phi) is 8.98. The van der Waals surface area contributed by atoms with Gasteiger partial charge in [0.05, 0.1) is 19.9 Å². The van der Waals surface area contributed by atoms with E-state index < -0.39 is 6.03 Å². The number of nitrogens with one attached hydrogen (secondary N) is 2. The second-order valence-corrected chi connectivity index (χ2v) is 10.0. The number of rotatable bonds is 8. The number of halogens is 1. The summed E-state index contributed by atoms with van der Waals surface area (Å²) in [5.74, 6) is 1.92. The van der Waals surface area contributed by atoms with E-state index in [-0.39, 0.29) is 5.02 Å². The van der Waals surface area contributed by atoms with Crippen molar-refractivity contribution < 1.29 is 14.3 Å². The number of nitrogens with zero attached hydrogens (tertiary/aromatic N) is 5. The normalized spacial score (nSPS) is 13.8. The number of anilines is 5. The van der Waals surface area contributed by atoms with Gasteiger partial charge in [-0.1, -0.05) is 11.6 Å². The van der Waals surface area contributed by atoms with Gasteiger partial charge in [-0.05, 0) is 45.0 Å². The van der Waals surface area contributed by atoms with E-state index in [1.165, 1.54) is 24.0 Å². The topological polar surface area (TPSA) is 95.1 Å². The van der Waals surface area contributed by atoms with E-state index in [1.807, 2.05) is 19.1 Å². The van der Waals surface area contributed by atoms with E-state index in [1.54, 1.807) is 26.3 Å². The van der Waals surface area contributed by atoms with Crippen molar-refractivity contribution in [2.75, 3.05) is 67.9 Å². The molecule has 0 unspecified atom stereocenters. The van der Waals surface area contributed by atoms with Crippen molar-refractivity contribution in [3.63, 3.8) is 0 Å². The van der Waals surface area contributed by atoms with Crippen LogP contribution in [0.5, 0.6) is 11.5 Å². The zero-order valence-electron chi connectivity index (χ0n) is 23.3. The molecule has 2 aromatic carbocycles. The van der Waals surface area contributed by atoms with Crippen LogP contribution in [0.25, 0.3) is 0 Å². The minimum atomic E-state index is -0.429. The summed E-state index contributed by atoms with van der Waals surface area (Å²) >= 11 is 6.48. The third-order valence-corrected chi connectivity index (χ3v) is 7.34. The first-order valence-electron chi connectivity index (χ1n) is 12.9. The van der Waals surface area contributed by atoms with Gasteiger partial charge in [0.15, 0.2) is 0 Å². The van der Waals surface area contributed by atoms with E-state index in [4.69, 9.17) is 21.1 Å². The molecule has 39 heavy (non-hydrogen) atoms. The Labute approximate surface area is 234 Å². The van der Waals surface area contributed by atoms with Gasteiger partial charge in [0.25, 0.3) is 0 Å². The summed E-state index contributed by atoms with van der Waals surface area (Å²) in [6, 6.07) is 11.8. The highest BCUT2D eigenvalue weighted by Crippen LogP contribution is 2.40. The first-order valence-corrected chi connectivity index (χ1v) is 13.2. The summed E-state index contributed by atoms with van der Waals surface area (Å²) in [7, 11) is 4.67. The SMILES string of the molecule is COc1cc(OC)c(Cl)c(NC(=O)N(C)c2cc(Nc3ccc(N4CCN(C(C)C)CC4)cc3)ncn2)c1C. The third kappa shape index (κ3) is 6.46. The number of urea groups is 1. The van der Waals surface area contributed by atoms with Gasteiger partial charge in [0.1, 0.15) is 34.5 Å². The molecule has 2 N–H and O–H groups in total. The number of piperazine rings is 1. The van der Waals surface area contributed by atoms with Gasteiger partial charge in [-0.2, -0.15) is 0 Å². The average molecular weight is 554 g/mol. The van der Waals surface area contributed by atoms with Crippen LogP contribution in [0.1, 0.15) is 19.4 Å². The van der Waals surface area contributed by atoms with Crippen molar-refractivity contribution in [2.24, 2.45) is 0 Å². The summed E-state index contributed by atoms with van der Waals surface area (Å²) in [6.07, 6.45) is 1.41. The molecule has 2 heterocycles. The van der Waals surface area contributed by atoms with Crippen LogP contribution < -0.4 is 29.9 Å². The van der Waals surface area contributed by atoms with Crippen LogP contribution in [0.3, 0.4) is 0 Å². The highest BCUT2D eigenvalue weighted by Gasteiger charge is 2.21. The maximum absolute atomic E-state index is 13.1. The largest absolute Gasteiger partial charge is 0.496 e. The maximum Gasteiger partial charge on any atom is 0.327 e. The van der Waals surface area contributed by atoms with Gasteiger partial charge in [0, 0.05) is 68.3 Å². The summed E-state index contributed by atoms with van der Waals surface area (Å²) < 4.78 is 10.7. The fourth-order valence-corrected chi connectivity index (χ4v) is 4.83. The number of ether oxygens (including phenoxy) is 2. The fraction of sp³-hybridized carbons (Fsp3) is 0.393. The molecule has 0 radical (unpaired) electrons. The molecule has 1 aromatic heterocycles. The van der Waals surface area contributed by atoms with E-state index in [9.17, 15) is 4.79 Å². The highest BCUT2D eigenvalue weighted by atomic mass is 35.5. The molecule has 1 aliphatic heterocycles. The van der Waals surface area contributed by atoms with Crippen molar-refractivity contribution >= 4 is 46.3 Å². The van der Waals surface area contributed by atoms with Crippen molar-refractivity contribution in [2.45, 2.75) is 26.8 Å². The molecule has 1 fully saturated rings. The van der Waals surface area contributed by atoms with E-state index in [0.29, 0.717) is 40.4 Å². The van der Waals surface area contributed by atoms with E-state index in [2.05, 4.69) is 56.4 Å². The van der Waals surface area contributed by atoms with E-state index >= 15 is 0 Å². The zero-order valence-corrected chi connectivity index (χ0v) is 24.0. The van der Waals surface area contributed by atoms with Crippen molar-refractivity contribution in [1.29, 1.82) is 0 Å². The van der Waals surface area contributed by atoms with Gasteiger partial charge in [0.2, 0.25) is 0 Å². The smallest absolute Gasteiger partial charge is 0.327 e. The predicted octanol–water partition coefficient (Wildman–Crippen LogP) is 5.40. The van der Waals surface area contributed by atoms with Gasteiger partial charge < -0.3 is 25.0 Å².